The number of halogens is 3. The van der Waals surface area contributed by atoms with E-state index < -0.39 is 5.97 Å². The first kappa shape index (κ1) is 24.6. The van der Waals surface area contributed by atoms with Crippen LogP contribution in [0.1, 0.15) is 58.4 Å². The molecule has 2 aromatic heterocycles. The number of piperidine rings is 1. The Morgan fingerprint density at radius 2 is 2.00 bits per heavy atom. The molecule has 8 nitrogen and oxygen atoms in total. The second-order valence-corrected chi connectivity index (χ2v) is 9.18. The van der Waals surface area contributed by atoms with E-state index >= 15 is 0 Å². The Labute approximate surface area is 201 Å². The zero-order chi connectivity index (χ0) is 23.7. The van der Waals surface area contributed by atoms with E-state index in [1.54, 1.807) is 14.0 Å². The van der Waals surface area contributed by atoms with Crippen LogP contribution in [-0.2, 0) is 4.74 Å². The van der Waals surface area contributed by atoms with E-state index in [2.05, 4.69) is 15.3 Å². The van der Waals surface area contributed by atoms with Crippen molar-refractivity contribution in [1.82, 2.24) is 15.3 Å². The van der Waals surface area contributed by atoms with Gasteiger partial charge in [0.05, 0.1) is 32.9 Å². The first-order chi connectivity index (χ1) is 15.1. The fourth-order valence-corrected chi connectivity index (χ4v) is 4.71. The number of anilines is 1. The van der Waals surface area contributed by atoms with Crippen LogP contribution >= 0.6 is 34.8 Å². The van der Waals surface area contributed by atoms with Crippen LogP contribution in [-0.4, -0.2) is 59.3 Å². The normalized spacial score (nSPS) is 18.8. The Morgan fingerprint density at radius 1 is 1.31 bits per heavy atom. The molecule has 2 aromatic rings. The van der Waals surface area contributed by atoms with Gasteiger partial charge < -0.3 is 25.0 Å². The van der Waals surface area contributed by atoms with Crippen LogP contribution in [0, 0.1) is 6.92 Å². The quantitative estimate of drug-likeness (QED) is 0.535. The van der Waals surface area contributed by atoms with Crippen LogP contribution in [0.3, 0.4) is 0 Å². The number of carbonyl (C=O) groups excluding carboxylic acids is 1. The van der Waals surface area contributed by atoms with E-state index in [1.165, 1.54) is 6.20 Å². The molecule has 0 spiro atoms. The van der Waals surface area contributed by atoms with Crippen molar-refractivity contribution in [3.63, 3.8) is 0 Å². The predicted octanol–water partition coefficient (Wildman–Crippen LogP) is 4.52. The number of carbonyl (C=O) groups is 2. The highest BCUT2D eigenvalue weighted by Gasteiger charge is 2.34. The van der Waals surface area contributed by atoms with Crippen molar-refractivity contribution in [2.24, 2.45) is 0 Å². The summed E-state index contributed by atoms with van der Waals surface area (Å²) in [4.78, 5) is 33.4. The van der Waals surface area contributed by atoms with Crippen molar-refractivity contribution in [1.29, 1.82) is 0 Å². The minimum absolute atomic E-state index is 0.0163. The first-order valence-electron chi connectivity index (χ1n) is 10.1. The molecule has 0 aromatic carbocycles. The minimum atomic E-state index is -1.10. The van der Waals surface area contributed by atoms with Crippen LogP contribution in [0.4, 0.5) is 5.69 Å². The van der Waals surface area contributed by atoms with Crippen LogP contribution < -0.4 is 10.2 Å². The summed E-state index contributed by atoms with van der Waals surface area (Å²) in [5.74, 6) is -1.58. The molecule has 11 heteroatoms. The van der Waals surface area contributed by atoms with Gasteiger partial charge in [-0.05, 0) is 19.3 Å². The monoisotopic (exact) mass is 502 g/mol. The number of aromatic carboxylic acids is 1. The van der Waals surface area contributed by atoms with Gasteiger partial charge >= 0.3 is 5.97 Å². The second-order valence-electron chi connectivity index (χ2n) is 8.02. The number of hydrogen-bond acceptors (Lipinski definition) is 5. The summed E-state index contributed by atoms with van der Waals surface area (Å²) in [6.45, 7) is 6.47. The average Bonchev–Trinajstić information content (AvgIpc) is 3.00. The van der Waals surface area contributed by atoms with Gasteiger partial charge in [-0.1, -0.05) is 48.7 Å². The molecule has 3 N–H and O–H groups in total. The van der Waals surface area contributed by atoms with Gasteiger partial charge in [-0.15, -0.1) is 0 Å². The molecular weight excluding hydrogens is 479 g/mol. The molecule has 2 atom stereocenters. The Hall–Kier alpha value is -2.00. The zero-order valence-corrected chi connectivity index (χ0v) is 20.4. The number of rotatable bonds is 6. The standard InChI is InChI=1S/C21H25Cl3N4O4/c1-9(2)14-17(21(30)31)25-7-11(22)19(14)28-6-5-12(13(8-28)32-4)27-20(29)18-16(24)15(23)10(3)26-18/h7,9,12-13,26H,5-6,8H2,1-4H3,(H,27,29)(H,30,31). The summed E-state index contributed by atoms with van der Waals surface area (Å²) in [7, 11) is 1.57. The Morgan fingerprint density at radius 3 is 2.53 bits per heavy atom. The van der Waals surface area contributed by atoms with E-state index in [4.69, 9.17) is 39.5 Å². The van der Waals surface area contributed by atoms with E-state index in [-0.39, 0.29) is 40.4 Å². The number of H-pyrrole nitrogens is 1. The molecule has 0 aliphatic carbocycles. The molecule has 174 valence electrons. The molecule has 3 rings (SSSR count). The summed E-state index contributed by atoms with van der Waals surface area (Å²) in [5.41, 5.74) is 2.01. The number of aromatic nitrogens is 2. The molecule has 3 heterocycles. The maximum Gasteiger partial charge on any atom is 0.354 e. The summed E-state index contributed by atoms with van der Waals surface area (Å²) in [6.07, 6.45) is 1.55. The summed E-state index contributed by atoms with van der Waals surface area (Å²) in [5, 5.41) is 13.4. The number of aromatic amines is 1. The van der Waals surface area contributed by atoms with Crippen molar-refractivity contribution in [3.8, 4) is 0 Å². The third-order valence-corrected chi connectivity index (χ3v) is 6.82. The van der Waals surface area contributed by atoms with Crippen LogP contribution in [0.15, 0.2) is 6.20 Å². The molecule has 1 amide bonds. The maximum atomic E-state index is 12.8. The lowest BCUT2D eigenvalue weighted by Gasteiger charge is -2.40. The smallest absolute Gasteiger partial charge is 0.354 e. The molecule has 0 saturated carbocycles. The lowest BCUT2D eigenvalue weighted by molar-refractivity contribution is 0.0539. The fourth-order valence-electron chi connectivity index (χ4n) is 4.02. The van der Waals surface area contributed by atoms with Gasteiger partial charge in [0.1, 0.15) is 5.69 Å². The van der Waals surface area contributed by atoms with Gasteiger partial charge in [-0.25, -0.2) is 9.78 Å². The number of carboxylic acid groups (broad SMARTS) is 1. The van der Waals surface area contributed by atoms with Crippen molar-refractivity contribution in [2.75, 3.05) is 25.1 Å². The number of hydrogen-bond donors (Lipinski definition) is 3. The van der Waals surface area contributed by atoms with Crippen molar-refractivity contribution in [3.05, 3.63) is 43.9 Å². The number of aryl methyl sites for hydroxylation is 1. The van der Waals surface area contributed by atoms with Gasteiger partial charge in [-0.2, -0.15) is 0 Å². The number of methoxy groups -OCH3 is 1. The number of ether oxygens (including phenoxy) is 1. The summed E-state index contributed by atoms with van der Waals surface area (Å²) < 4.78 is 5.67. The fraction of sp³-hybridized carbons (Fsp3) is 0.476. The predicted molar refractivity (Wildman–Crippen MR) is 125 cm³/mol. The first-order valence-corrected chi connectivity index (χ1v) is 11.2. The van der Waals surface area contributed by atoms with E-state index in [1.807, 2.05) is 18.7 Å². The van der Waals surface area contributed by atoms with Crippen LogP contribution in [0.25, 0.3) is 0 Å². The summed E-state index contributed by atoms with van der Waals surface area (Å²) >= 11 is 18.7. The van der Waals surface area contributed by atoms with E-state index in [9.17, 15) is 14.7 Å². The molecule has 1 fully saturated rings. The Kier molecular flexibility index (Phi) is 7.60. The highest BCUT2D eigenvalue weighted by atomic mass is 35.5. The lowest BCUT2D eigenvalue weighted by atomic mass is 9.95. The van der Waals surface area contributed by atoms with Crippen molar-refractivity contribution in [2.45, 2.75) is 45.3 Å². The maximum absolute atomic E-state index is 12.8. The highest BCUT2D eigenvalue weighted by Crippen LogP contribution is 2.38. The number of pyridine rings is 1. The SMILES string of the molecule is COC1CN(c2c(Cl)cnc(C(=O)O)c2C(C)C)CCC1NC(=O)c1[nH]c(C)c(Cl)c1Cl. The molecule has 0 bridgehead atoms. The molecule has 1 saturated heterocycles. The van der Waals surface area contributed by atoms with Crippen LogP contribution in [0.2, 0.25) is 15.1 Å². The molecule has 1 aliphatic rings. The van der Waals surface area contributed by atoms with Gasteiger partial charge in [0.25, 0.3) is 5.91 Å². The van der Waals surface area contributed by atoms with Gasteiger partial charge in [-0.3, -0.25) is 4.79 Å². The summed E-state index contributed by atoms with van der Waals surface area (Å²) in [6, 6.07) is -0.288. The number of nitrogens with one attached hydrogen (secondary N) is 2. The topological polar surface area (TPSA) is 108 Å². The largest absolute Gasteiger partial charge is 0.477 e. The Bertz CT molecular complexity index is 1040. The number of carboxylic acids is 1. The average molecular weight is 504 g/mol. The van der Waals surface area contributed by atoms with Gasteiger partial charge in [0.15, 0.2) is 5.69 Å². The molecule has 1 aliphatic heterocycles. The Balaban J connectivity index is 1.85. The van der Waals surface area contributed by atoms with Crippen LogP contribution in [0.5, 0.6) is 0 Å². The highest BCUT2D eigenvalue weighted by molar-refractivity contribution is 6.44. The second kappa shape index (κ2) is 9.87. The lowest BCUT2D eigenvalue weighted by Crippen LogP contribution is -2.55. The third-order valence-electron chi connectivity index (χ3n) is 5.60. The molecule has 32 heavy (non-hydrogen) atoms. The molecule has 0 radical (unpaired) electrons. The molecular formula is C21H25Cl3N4O4. The zero-order valence-electron chi connectivity index (χ0n) is 18.1. The third kappa shape index (κ3) is 4.69. The minimum Gasteiger partial charge on any atom is -0.477 e. The van der Waals surface area contributed by atoms with E-state index in [0.29, 0.717) is 46.5 Å². The van der Waals surface area contributed by atoms with Crippen molar-refractivity contribution >= 4 is 52.4 Å². The van der Waals surface area contributed by atoms with E-state index in [0.717, 1.165) is 0 Å². The van der Waals surface area contributed by atoms with Gasteiger partial charge in [0, 0.05) is 37.7 Å². The molecule has 2 unspecified atom stereocenters. The number of amides is 1. The van der Waals surface area contributed by atoms with Crippen molar-refractivity contribution < 1.29 is 19.4 Å². The van der Waals surface area contributed by atoms with Gasteiger partial charge in [0.2, 0.25) is 0 Å². The number of nitrogens with zero attached hydrogens (tertiary/aromatic N) is 2.